The molecule has 16 heavy (non-hydrogen) atoms. The van der Waals surface area contributed by atoms with Crippen LogP contribution in [-0.4, -0.2) is 16.6 Å². The van der Waals surface area contributed by atoms with E-state index in [1.807, 2.05) is 0 Å². The third-order valence-corrected chi connectivity index (χ3v) is 2.08. The standard InChI is InChI=1S/C12H14N2O2/c1-4-12(2,3)14-11(16)8-5-6-9(13)10(15)7-8/h1,5-7,15H,13H2,2-3H3,(H,14,16). The van der Waals surface area contributed by atoms with E-state index in [9.17, 15) is 9.90 Å². The summed E-state index contributed by atoms with van der Waals surface area (Å²) in [6, 6.07) is 4.29. The number of phenolic OH excluding ortho intramolecular Hbond substituents is 1. The first kappa shape index (κ1) is 11.9. The summed E-state index contributed by atoms with van der Waals surface area (Å²) in [6.07, 6.45) is 5.25. The van der Waals surface area contributed by atoms with Crippen molar-refractivity contribution in [2.75, 3.05) is 5.73 Å². The Morgan fingerprint density at radius 2 is 2.19 bits per heavy atom. The molecule has 1 amide bonds. The van der Waals surface area contributed by atoms with Crippen molar-refractivity contribution in [2.24, 2.45) is 0 Å². The second-order valence-corrected chi connectivity index (χ2v) is 4.00. The van der Waals surface area contributed by atoms with Crippen LogP contribution in [0.15, 0.2) is 18.2 Å². The summed E-state index contributed by atoms with van der Waals surface area (Å²) in [6.45, 7) is 3.42. The van der Waals surface area contributed by atoms with Gasteiger partial charge in [-0.1, -0.05) is 5.92 Å². The molecule has 0 saturated heterocycles. The van der Waals surface area contributed by atoms with E-state index >= 15 is 0 Å². The molecule has 0 aliphatic heterocycles. The number of anilines is 1. The number of aromatic hydroxyl groups is 1. The molecule has 0 aliphatic rings. The van der Waals surface area contributed by atoms with Gasteiger partial charge in [0, 0.05) is 5.56 Å². The molecule has 0 radical (unpaired) electrons. The van der Waals surface area contributed by atoms with Gasteiger partial charge in [-0.3, -0.25) is 4.79 Å². The van der Waals surface area contributed by atoms with Gasteiger partial charge >= 0.3 is 0 Å². The highest BCUT2D eigenvalue weighted by Crippen LogP contribution is 2.20. The molecule has 0 atom stereocenters. The van der Waals surface area contributed by atoms with Gasteiger partial charge in [-0.2, -0.15) is 0 Å². The number of hydrogen-bond donors (Lipinski definition) is 3. The van der Waals surface area contributed by atoms with Gasteiger partial charge in [0.1, 0.15) is 5.75 Å². The number of phenols is 1. The molecule has 0 bridgehead atoms. The molecule has 4 N–H and O–H groups in total. The number of nitrogens with one attached hydrogen (secondary N) is 1. The summed E-state index contributed by atoms with van der Waals surface area (Å²) >= 11 is 0. The number of carbonyl (C=O) groups excluding carboxylic acids is 1. The molecule has 0 fully saturated rings. The topological polar surface area (TPSA) is 75.4 Å². The van der Waals surface area contributed by atoms with Crippen LogP contribution in [0.1, 0.15) is 24.2 Å². The SMILES string of the molecule is C#CC(C)(C)NC(=O)c1ccc(N)c(O)c1. The minimum atomic E-state index is -0.728. The van der Waals surface area contributed by atoms with Crippen LogP contribution < -0.4 is 11.1 Å². The molecule has 4 heteroatoms. The second-order valence-electron chi connectivity index (χ2n) is 4.00. The van der Waals surface area contributed by atoms with Crippen molar-refractivity contribution in [3.63, 3.8) is 0 Å². The lowest BCUT2D eigenvalue weighted by atomic mass is 10.1. The maximum Gasteiger partial charge on any atom is 0.252 e. The molecule has 1 aromatic rings. The number of amides is 1. The van der Waals surface area contributed by atoms with Crippen LogP contribution in [0.25, 0.3) is 0 Å². The fourth-order valence-corrected chi connectivity index (χ4v) is 1.08. The number of nitrogens with two attached hydrogens (primary N) is 1. The normalized spacial score (nSPS) is 10.6. The smallest absolute Gasteiger partial charge is 0.252 e. The quantitative estimate of drug-likeness (QED) is 0.395. The van der Waals surface area contributed by atoms with Crippen molar-refractivity contribution in [3.8, 4) is 18.1 Å². The maximum absolute atomic E-state index is 11.7. The van der Waals surface area contributed by atoms with Gasteiger partial charge in [0.2, 0.25) is 0 Å². The molecule has 0 unspecified atom stereocenters. The zero-order valence-corrected chi connectivity index (χ0v) is 9.24. The van der Waals surface area contributed by atoms with Gasteiger partial charge in [0.15, 0.2) is 0 Å². The van der Waals surface area contributed by atoms with Crippen molar-refractivity contribution < 1.29 is 9.90 Å². The molecule has 0 heterocycles. The summed E-state index contributed by atoms with van der Waals surface area (Å²) in [5.41, 5.74) is 5.24. The third-order valence-electron chi connectivity index (χ3n) is 2.08. The Kier molecular flexibility index (Phi) is 3.09. The van der Waals surface area contributed by atoms with Crippen LogP contribution in [0.3, 0.4) is 0 Å². The highest BCUT2D eigenvalue weighted by molar-refractivity contribution is 5.95. The van der Waals surface area contributed by atoms with Crippen molar-refractivity contribution in [1.82, 2.24) is 5.32 Å². The van der Waals surface area contributed by atoms with Crippen LogP contribution in [0.5, 0.6) is 5.75 Å². The number of terminal acetylenes is 1. The zero-order valence-electron chi connectivity index (χ0n) is 9.24. The first-order valence-corrected chi connectivity index (χ1v) is 4.74. The van der Waals surface area contributed by atoms with Crippen molar-refractivity contribution in [2.45, 2.75) is 19.4 Å². The Balaban J connectivity index is 2.91. The molecular formula is C12H14N2O2. The molecule has 1 aromatic carbocycles. The molecule has 4 nitrogen and oxygen atoms in total. The van der Waals surface area contributed by atoms with E-state index in [0.29, 0.717) is 5.56 Å². The molecule has 0 saturated carbocycles. The summed E-state index contributed by atoms with van der Waals surface area (Å²) in [5, 5.41) is 12.0. The highest BCUT2D eigenvalue weighted by atomic mass is 16.3. The average molecular weight is 218 g/mol. The Morgan fingerprint density at radius 1 is 1.56 bits per heavy atom. The molecule has 1 rings (SSSR count). The first-order chi connectivity index (χ1) is 7.35. The van der Waals surface area contributed by atoms with E-state index in [1.54, 1.807) is 13.8 Å². The van der Waals surface area contributed by atoms with Crippen LogP contribution in [0, 0.1) is 12.3 Å². The van der Waals surface area contributed by atoms with Crippen LogP contribution in [0.2, 0.25) is 0 Å². The highest BCUT2D eigenvalue weighted by Gasteiger charge is 2.18. The van der Waals surface area contributed by atoms with Crippen molar-refractivity contribution in [1.29, 1.82) is 0 Å². The predicted octanol–water partition coefficient (Wildman–Crippen LogP) is 1.12. The minimum Gasteiger partial charge on any atom is -0.506 e. The predicted molar refractivity (Wildman–Crippen MR) is 62.9 cm³/mol. The number of nitrogen functional groups attached to an aromatic ring is 1. The Hall–Kier alpha value is -2.15. The van der Waals surface area contributed by atoms with Crippen molar-refractivity contribution >= 4 is 11.6 Å². The largest absolute Gasteiger partial charge is 0.506 e. The van der Waals surface area contributed by atoms with E-state index < -0.39 is 5.54 Å². The van der Waals surface area contributed by atoms with Crippen molar-refractivity contribution in [3.05, 3.63) is 23.8 Å². The molecule has 0 aliphatic carbocycles. The number of rotatable bonds is 2. The van der Waals surface area contributed by atoms with Gasteiger partial charge in [0.25, 0.3) is 5.91 Å². The van der Waals surface area contributed by atoms with Crippen LogP contribution in [-0.2, 0) is 0 Å². The average Bonchev–Trinajstić information content (AvgIpc) is 2.21. The van der Waals surface area contributed by atoms with E-state index in [1.165, 1.54) is 18.2 Å². The Bertz CT molecular complexity index is 459. The monoisotopic (exact) mass is 218 g/mol. The molecule has 0 aromatic heterocycles. The van der Waals surface area contributed by atoms with Gasteiger partial charge in [0.05, 0.1) is 11.2 Å². The number of benzene rings is 1. The summed E-state index contributed by atoms with van der Waals surface area (Å²) < 4.78 is 0. The lowest BCUT2D eigenvalue weighted by molar-refractivity contribution is 0.0929. The van der Waals surface area contributed by atoms with Gasteiger partial charge < -0.3 is 16.2 Å². The molecule has 0 spiro atoms. The van der Waals surface area contributed by atoms with Gasteiger partial charge in [-0.15, -0.1) is 6.42 Å². The van der Waals surface area contributed by atoms with Gasteiger partial charge in [-0.25, -0.2) is 0 Å². The summed E-state index contributed by atoms with van der Waals surface area (Å²) in [4.78, 5) is 11.7. The van der Waals surface area contributed by atoms with Crippen LogP contribution >= 0.6 is 0 Å². The van der Waals surface area contributed by atoms with E-state index in [0.717, 1.165) is 0 Å². The summed E-state index contributed by atoms with van der Waals surface area (Å²) in [7, 11) is 0. The molecular weight excluding hydrogens is 204 g/mol. The van der Waals surface area contributed by atoms with Gasteiger partial charge in [-0.05, 0) is 32.0 Å². The fourth-order valence-electron chi connectivity index (χ4n) is 1.08. The lowest BCUT2D eigenvalue weighted by Gasteiger charge is -2.19. The van der Waals surface area contributed by atoms with Crippen LogP contribution in [0.4, 0.5) is 5.69 Å². The number of carbonyl (C=O) groups is 1. The zero-order chi connectivity index (χ0) is 12.3. The first-order valence-electron chi connectivity index (χ1n) is 4.74. The Labute approximate surface area is 94.5 Å². The third kappa shape index (κ3) is 2.67. The Morgan fingerprint density at radius 3 is 2.69 bits per heavy atom. The summed E-state index contributed by atoms with van der Waals surface area (Å²) in [5.74, 6) is 1.98. The van der Waals surface area contributed by atoms with E-state index in [-0.39, 0.29) is 17.3 Å². The maximum atomic E-state index is 11.7. The van der Waals surface area contributed by atoms with E-state index in [4.69, 9.17) is 12.2 Å². The van der Waals surface area contributed by atoms with E-state index in [2.05, 4.69) is 11.2 Å². The second kappa shape index (κ2) is 4.15. The lowest BCUT2D eigenvalue weighted by Crippen LogP contribution is -2.42. The molecule has 84 valence electrons. The minimum absolute atomic E-state index is 0.119. The number of hydrogen-bond acceptors (Lipinski definition) is 3. The fraction of sp³-hybridized carbons (Fsp3) is 0.250.